The second-order valence-corrected chi connectivity index (χ2v) is 8.25. The molecule has 0 saturated heterocycles. The molecule has 116 valence electrons. The Labute approximate surface area is 147 Å². The van der Waals surface area contributed by atoms with Crippen molar-refractivity contribution in [3.05, 3.63) is 62.6 Å². The van der Waals surface area contributed by atoms with Gasteiger partial charge >= 0.3 is 0 Å². The van der Waals surface area contributed by atoms with Gasteiger partial charge in [-0.3, -0.25) is 4.79 Å². The SMILES string of the molecule is CCC1CCc2ccc3nc(Br)sc3c2C(=O)c2ccccc21. The maximum atomic E-state index is 13.3. The molecule has 23 heavy (non-hydrogen) atoms. The summed E-state index contributed by atoms with van der Waals surface area (Å²) in [6.07, 6.45) is 3.09. The Morgan fingerprint density at radius 2 is 2.09 bits per heavy atom. The first kappa shape index (κ1) is 15.0. The van der Waals surface area contributed by atoms with Crippen LogP contribution in [0.4, 0.5) is 0 Å². The molecule has 4 rings (SSSR count). The van der Waals surface area contributed by atoms with E-state index in [0.29, 0.717) is 5.92 Å². The van der Waals surface area contributed by atoms with E-state index in [1.165, 1.54) is 5.56 Å². The average Bonchev–Trinajstić information content (AvgIpc) is 2.93. The van der Waals surface area contributed by atoms with Crippen molar-refractivity contribution in [1.82, 2.24) is 4.98 Å². The van der Waals surface area contributed by atoms with E-state index < -0.39 is 0 Å². The predicted molar refractivity (Wildman–Crippen MR) is 98.5 cm³/mol. The Balaban J connectivity index is 2.00. The molecule has 1 atom stereocenters. The minimum Gasteiger partial charge on any atom is -0.289 e. The summed E-state index contributed by atoms with van der Waals surface area (Å²) >= 11 is 5.01. The number of rotatable bonds is 1. The third kappa shape index (κ3) is 2.45. The lowest BCUT2D eigenvalue weighted by Gasteiger charge is -2.23. The van der Waals surface area contributed by atoms with Crippen LogP contribution in [0.5, 0.6) is 0 Å². The number of hydrogen-bond acceptors (Lipinski definition) is 3. The maximum Gasteiger partial charge on any atom is 0.195 e. The number of fused-ring (bicyclic) bond motifs is 4. The first-order chi connectivity index (χ1) is 11.2. The summed E-state index contributed by atoms with van der Waals surface area (Å²) in [4.78, 5) is 17.8. The molecule has 1 aliphatic carbocycles. The highest BCUT2D eigenvalue weighted by Gasteiger charge is 2.26. The molecular formula is C19H16BrNOS. The van der Waals surface area contributed by atoms with Crippen molar-refractivity contribution < 1.29 is 4.79 Å². The molecule has 0 saturated carbocycles. The molecule has 0 aliphatic heterocycles. The van der Waals surface area contributed by atoms with Crippen molar-refractivity contribution in [1.29, 1.82) is 0 Å². The molecule has 0 spiro atoms. The molecule has 0 radical (unpaired) electrons. The van der Waals surface area contributed by atoms with E-state index >= 15 is 0 Å². The van der Waals surface area contributed by atoms with Crippen LogP contribution in [0.15, 0.2) is 40.3 Å². The monoisotopic (exact) mass is 385 g/mol. The summed E-state index contributed by atoms with van der Waals surface area (Å²) in [5, 5.41) is 0. The van der Waals surface area contributed by atoms with Gasteiger partial charge in [-0.2, -0.15) is 0 Å². The van der Waals surface area contributed by atoms with Gasteiger partial charge in [0.15, 0.2) is 9.70 Å². The minimum absolute atomic E-state index is 0.149. The second-order valence-electron chi connectivity index (χ2n) is 5.97. The molecule has 4 heteroatoms. The average molecular weight is 386 g/mol. The van der Waals surface area contributed by atoms with E-state index in [0.717, 1.165) is 50.1 Å². The number of nitrogens with zero attached hydrogens (tertiary/aromatic N) is 1. The standard InChI is InChI=1S/C19H16BrNOS/c1-2-11-7-8-12-9-10-15-18(23-19(20)21-15)16(12)17(22)14-6-4-3-5-13(11)14/h3-6,9-11H,2,7-8H2,1H3. The van der Waals surface area contributed by atoms with Gasteiger partial charge in [0, 0.05) is 11.1 Å². The van der Waals surface area contributed by atoms with Crippen molar-refractivity contribution in [2.75, 3.05) is 0 Å². The molecule has 0 N–H and O–H groups in total. The van der Waals surface area contributed by atoms with Crippen LogP contribution in [0.1, 0.15) is 52.7 Å². The van der Waals surface area contributed by atoms with E-state index in [-0.39, 0.29) is 5.78 Å². The summed E-state index contributed by atoms with van der Waals surface area (Å²) < 4.78 is 1.83. The molecule has 0 bridgehead atoms. The zero-order chi connectivity index (χ0) is 16.0. The Kier molecular flexibility index (Phi) is 3.82. The lowest BCUT2D eigenvalue weighted by Crippen LogP contribution is -2.15. The topological polar surface area (TPSA) is 30.0 Å². The van der Waals surface area contributed by atoms with Crippen LogP contribution >= 0.6 is 27.3 Å². The van der Waals surface area contributed by atoms with Gasteiger partial charge in [-0.1, -0.05) is 37.3 Å². The number of thiazole rings is 1. The van der Waals surface area contributed by atoms with Gasteiger partial charge in [0.25, 0.3) is 0 Å². The fourth-order valence-electron chi connectivity index (χ4n) is 3.57. The van der Waals surface area contributed by atoms with Crippen LogP contribution < -0.4 is 0 Å². The summed E-state index contributed by atoms with van der Waals surface area (Å²) in [6.45, 7) is 2.21. The van der Waals surface area contributed by atoms with Crippen LogP contribution in [0.25, 0.3) is 10.2 Å². The summed E-state index contributed by atoms with van der Waals surface area (Å²) in [6, 6.07) is 12.2. The van der Waals surface area contributed by atoms with Crippen molar-refractivity contribution >= 4 is 43.3 Å². The van der Waals surface area contributed by atoms with Crippen molar-refractivity contribution in [3.63, 3.8) is 0 Å². The lowest BCUT2D eigenvalue weighted by atomic mass is 9.81. The molecule has 0 amide bonds. The first-order valence-corrected chi connectivity index (χ1v) is 9.51. The van der Waals surface area contributed by atoms with E-state index in [2.05, 4.69) is 40.0 Å². The largest absolute Gasteiger partial charge is 0.289 e. The van der Waals surface area contributed by atoms with Gasteiger partial charge in [-0.15, -0.1) is 11.3 Å². The molecule has 1 aromatic heterocycles. The van der Waals surface area contributed by atoms with E-state index in [4.69, 9.17) is 0 Å². The Hall–Kier alpha value is -1.52. The van der Waals surface area contributed by atoms with Gasteiger partial charge in [0.05, 0.1) is 10.2 Å². The number of aryl methyl sites for hydroxylation is 1. The molecular weight excluding hydrogens is 370 g/mol. The zero-order valence-electron chi connectivity index (χ0n) is 12.8. The highest BCUT2D eigenvalue weighted by Crippen LogP contribution is 2.38. The van der Waals surface area contributed by atoms with E-state index in [1.807, 2.05) is 24.3 Å². The summed E-state index contributed by atoms with van der Waals surface area (Å²) in [5.41, 5.74) is 4.97. The van der Waals surface area contributed by atoms with Crippen LogP contribution in [0.2, 0.25) is 0 Å². The maximum absolute atomic E-state index is 13.3. The normalized spacial score (nSPS) is 17.5. The van der Waals surface area contributed by atoms with Gasteiger partial charge in [0.1, 0.15) is 0 Å². The number of aromatic nitrogens is 1. The molecule has 3 aromatic rings. The van der Waals surface area contributed by atoms with Crippen molar-refractivity contribution in [3.8, 4) is 0 Å². The van der Waals surface area contributed by atoms with Gasteiger partial charge in [-0.05, 0) is 58.3 Å². The minimum atomic E-state index is 0.149. The quantitative estimate of drug-likeness (QED) is 0.535. The number of benzene rings is 2. The molecule has 1 unspecified atom stereocenters. The van der Waals surface area contributed by atoms with Crippen LogP contribution in [0, 0.1) is 0 Å². The summed E-state index contributed by atoms with van der Waals surface area (Å²) in [7, 11) is 0. The van der Waals surface area contributed by atoms with Crippen molar-refractivity contribution in [2.45, 2.75) is 32.1 Å². The zero-order valence-corrected chi connectivity index (χ0v) is 15.2. The highest BCUT2D eigenvalue weighted by molar-refractivity contribution is 9.11. The number of carbonyl (C=O) groups is 1. The predicted octanol–water partition coefficient (Wildman–Crippen LogP) is 5.73. The number of ketones is 1. The highest BCUT2D eigenvalue weighted by atomic mass is 79.9. The lowest BCUT2D eigenvalue weighted by molar-refractivity contribution is 0.103. The fraction of sp³-hybridized carbons (Fsp3) is 0.263. The van der Waals surface area contributed by atoms with Crippen LogP contribution in [0.3, 0.4) is 0 Å². The fourth-order valence-corrected chi connectivity index (χ4v) is 5.10. The van der Waals surface area contributed by atoms with Crippen LogP contribution in [-0.4, -0.2) is 10.8 Å². The van der Waals surface area contributed by atoms with Gasteiger partial charge in [0.2, 0.25) is 0 Å². The van der Waals surface area contributed by atoms with E-state index in [9.17, 15) is 4.79 Å². The van der Waals surface area contributed by atoms with Gasteiger partial charge < -0.3 is 0 Å². The second kappa shape index (κ2) is 5.84. The molecule has 0 fully saturated rings. The third-order valence-corrected chi connectivity index (χ3v) is 6.29. The molecule has 1 aliphatic rings. The number of halogens is 1. The van der Waals surface area contributed by atoms with Gasteiger partial charge in [-0.25, -0.2) is 4.98 Å². The third-order valence-electron chi connectivity index (χ3n) is 4.75. The van der Waals surface area contributed by atoms with Crippen molar-refractivity contribution in [2.24, 2.45) is 0 Å². The summed E-state index contributed by atoms with van der Waals surface area (Å²) in [5.74, 6) is 0.600. The Morgan fingerprint density at radius 1 is 1.26 bits per heavy atom. The van der Waals surface area contributed by atoms with E-state index in [1.54, 1.807) is 11.3 Å². The molecule has 1 heterocycles. The Morgan fingerprint density at radius 3 is 2.91 bits per heavy atom. The molecule has 2 nitrogen and oxygen atoms in total. The smallest absolute Gasteiger partial charge is 0.195 e. The number of hydrogen-bond donors (Lipinski definition) is 0. The number of carbonyl (C=O) groups excluding carboxylic acids is 1. The Bertz CT molecular complexity index is 915. The van der Waals surface area contributed by atoms with Crippen LogP contribution in [-0.2, 0) is 6.42 Å². The molecule has 2 aromatic carbocycles. The first-order valence-electron chi connectivity index (χ1n) is 7.90.